The highest BCUT2D eigenvalue weighted by atomic mass is 79.9. The fourth-order valence-corrected chi connectivity index (χ4v) is 2.38. The minimum Gasteiger partial charge on any atom is -0.481 e. The van der Waals surface area contributed by atoms with E-state index < -0.39 is 0 Å². The van der Waals surface area contributed by atoms with Crippen molar-refractivity contribution in [1.82, 2.24) is 9.97 Å². The Kier molecular flexibility index (Phi) is 3.62. The molecule has 0 aliphatic carbocycles. The molecule has 0 aliphatic heterocycles. The van der Waals surface area contributed by atoms with Gasteiger partial charge in [0, 0.05) is 21.4 Å². The summed E-state index contributed by atoms with van der Waals surface area (Å²) >= 11 is 3.41. The van der Waals surface area contributed by atoms with Gasteiger partial charge in [-0.2, -0.15) is 0 Å². The smallest absolute Gasteiger partial charge is 0.272 e. The Hall–Kier alpha value is -2.34. The van der Waals surface area contributed by atoms with Crippen LogP contribution in [0.15, 0.2) is 47.1 Å². The molecule has 3 aromatic rings. The predicted molar refractivity (Wildman–Crippen MR) is 84.7 cm³/mol. The van der Waals surface area contributed by atoms with E-state index in [0.717, 1.165) is 15.4 Å². The first-order valence-corrected chi connectivity index (χ1v) is 7.05. The Morgan fingerprint density at radius 2 is 2.14 bits per heavy atom. The average Bonchev–Trinajstić information content (AvgIpc) is 2.91. The molecular formula is C15H12BrN3O2. The predicted octanol–water partition coefficient (Wildman–Crippen LogP) is 3.59. The molecule has 3 rings (SSSR count). The Morgan fingerprint density at radius 1 is 1.29 bits per heavy atom. The first-order valence-electron chi connectivity index (χ1n) is 6.25. The summed E-state index contributed by atoms with van der Waals surface area (Å²) in [4.78, 5) is 19.3. The number of halogens is 1. The fraction of sp³-hybridized carbons (Fsp3) is 0.0667. The highest BCUT2D eigenvalue weighted by Gasteiger charge is 2.10. The first kappa shape index (κ1) is 13.6. The summed E-state index contributed by atoms with van der Waals surface area (Å²) in [5.41, 5.74) is 2.02. The Bertz CT molecular complexity index is 796. The molecule has 106 valence electrons. The molecule has 0 fully saturated rings. The maximum Gasteiger partial charge on any atom is 0.272 e. The molecule has 0 spiro atoms. The molecule has 2 aromatic heterocycles. The van der Waals surface area contributed by atoms with Gasteiger partial charge < -0.3 is 15.0 Å². The van der Waals surface area contributed by atoms with E-state index in [1.165, 1.54) is 0 Å². The van der Waals surface area contributed by atoms with Crippen molar-refractivity contribution in [3.8, 4) is 5.88 Å². The van der Waals surface area contributed by atoms with Crippen LogP contribution in [0.25, 0.3) is 10.9 Å². The van der Waals surface area contributed by atoms with Crippen molar-refractivity contribution in [1.29, 1.82) is 0 Å². The van der Waals surface area contributed by atoms with Crippen LogP contribution < -0.4 is 10.1 Å². The van der Waals surface area contributed by atoms with Gasteiger partial charge in [-0.3, -0.25) is 4.79 Å². The van der Waals surface area contributed by atoms with E-state index in [4.69, 9.17) is 4.74 Å². The molecule has 5 nitrogen and oxygen atoms in total. The lowest BCUT2D eigenvalue weighted by atomic mass is 10.2. The molecule has 2 N–H and O–H groups in total. The van der Waals surface area contributed by atoms with Crippen LogP contribution in [0.3, 0.4) is 0 Å². The third kappa shape index (κ3) is 2.90. The summed E-state index contributed by atoms with van der Waals surface area (Å²) in [5.74, 6) is 0.290. The van der Waals surface area contributed by atoms with Crippen LogP contribution in [0.4, 0.5) is 5.69 Å². The second kappa shape index (κ2) is 5.57. The number of hydrogen-bond donors (Lipinski definition) is 2. The SMILES string of the molecule is COc1ccc(NC(=O)c2cc3cc(Br)ccc3[nH]2)cn1. The summed E-state index contributed by atoms with van der Waals surface area (Å²) in [5, 5.41) is 3.76. The number of nitrogens with zero attached hydrogens (tertiary/aromatic N) is 1. The van der Waals surface area contributed by atoms with Crippen LogP contribution in [0.5, 0.6) is 5.88 Å². The van der Waals surface area contributed by atoms with Crippen molar-refractivity contribution in [2.75, 3.05) is 12.4 Å². The van der Waals surface area contributed by atoms with Crippen LogP contribution in [-0.2, 0) is 0 Å². The van der Waals surface area contributed by atoms with Crippen LogP contribution >= 0.6 is 15.9 Å². The molecule has 1 amide bonds. The summed E-state index contributed by atoms with van der Waals surface area (Å²) in [7, 11) is 1.54. The number of hydrogen-bond acceptors (Lipinski definition) is 3. The van der Waals surface area contributed by atoms with Gasteiger partial charge in [0.15, 0.2) is 0 Å². The van der Waals surface area contributed by atoms with Crippen molar-refractivity contribution in [2.45, 2.75) is 0 Å². The number of benzene rings is 1. The maximum atomic E-state index is 12.2. The lowest BCUT2D eigenvalue weighted by Gasteiger charge is -2.04. The third-order valence-electron chi connectivity index (χ3n) is 3.03. The molecule has 21 heavy (non-hydrogen) atoms. The Morgan fingerprint density at radius 3 is 2.86 bits per heavy atom. The van der Waals surface area contributed by atoms with Crippen LogP contribution in [-0.4, -0.2) is 23.0 Å². The van der Waals surface area contributed by atoms with Gasteiger partial charge >= 0.3 is 0 Å². The van der Waals surface area contributed by atoms with Crippen molar-refractivity contribution < 1.29 is 9.53 Å². The Labute approximate surface area is 129 Å². The second-order valence-corrected chi connectivity index (χ2v) is 5.37. The number of pyridine rings is 1. The number of aromatic amines is 1. The lowest BCUT2D eigenvalue weighted by molar-refractivity contribution is 0.102. The topological polar surface area (TPSA) is 67.0 Å². The summed E-state index contributed by atoms with van der Waals surface area (Å²) < 4.78 is 5.95. The van der Waals surface area contributed by atoms with Crippen LogP contribution in [0.2, 0.25) is 0 Å². The molecule has 0 radical (unpaired) electrons. The number of nitrogens with one attached hydrogen (secondary N) is 2. The maximum absolute atomic E-state index is 12.2. The number of ether oxygens (including phenoxy) is 1. The van der Waals surface area contributed by atoms with E-state index in [9.17, 15) is 4.79 Å². The molecule has 0 unspecified atom stereocenters. The lowest BCUT2D eigenvalue weighted by Crippen LogP contribution is -2.12. The van der Waals surface area contributed by atoms with Gasteiger partial charge in [0.2, 0.25) is 5.88 Å². The Balaban J connectivity index is 1.82. The molecule has 0 saturated heterocycles. The van der Waals surface area contributed by atoms with Crippen LogP contribution in [0, 0.1) is 0 Å². The normalized spacial score (nSPS) is 10.6. The van der Waals surface area contributed by atoms with E-state index in [1.54, 1.807) is 25.4 Å². The number of amides is 1. The van der Waals surface area contributed by atoms with E-state index in [0.29, 0.717) is 17.3 Å². The minimum atomic E-state index is -0.214. The molecule has 2 heterocycles. The molecule has 6 heteroatoms. The number of aromatic nitrogens is 2. The van der Waals surface area contributed by atoms with Crippen molar-refractivity contribution >= 4 is 38.4 Å². The molecule has 1 aromatic carbocycles. The van der Waals surface area contributed by atoms with Crippen LogP contribution in [0.1, 0.15) is 10.5 Å². The van der Waals surface area contributed by atoms with Crippen molar-refractivity contribution in [3.63, 3.8) is 0 Å². The second-order valence-electron chi connectivity index (χ2n) is 4.46. The van der Waals surface area contributed by atoms with Crippen molar-refractivity contribution in [2.24, 2.45) is 0 Å². The number of anilines is 1. The highest BCUT2D eigenvalue weighted by molar-refractivity contribution is 9.10. The standard InChI is InChI=1S/C15H12BrN3O2/c1-21-14-5-3-11(8-17-14)18-15(20)13-7-9-6-10(16)2-4-12(9)19-13/h2-8,19H,1H3,(H,18,20). The monoisotopic (exact) mass is 345 g/mol. The molecule has 0 aliphatic rings. The zero-order chi connectivity index (χ0) is 14.8. The summed E-state index contributed by atoms with van der Waals surface area (Å²) in [6.45, 7) is 0. The van der Waals surface area contributed by atoms with E-state index >= 15 is 0 Å². The molecule has 0 atom stereocenters. The van der Waals surface area contributed by atoms with Gasteiger partial charge in [0.1, 0.15) is 5.69 Å². The van der Waals surface area contributed by atoms with Crippen molar-refractivity contribution in [3.05, 3.63) is 52.8 Å². The van der Waals surface area contributed by atoms with E-state index in [1.807, 2.05) is 24.3 Å². The largest absolute Gasteiger partial charge is 0.481 e. The number of fused-ring (bicyclic) bond motifs is 1. The summed E-state index contributed by atoms with van der Waals surface area (Å²) in [6, 6.07) is 11.0. The minimum absolute atomic E-state index is 0.214. The first-order chi connectivity index (χ1) is 10.2. The zero-order valence-corrected chi connectivity index (χ0v) is 12.8. The highest BCUT2D eigenvalue weighted by Crippen LogP contribution is 2.21. The van der Waals surface area contributed by atoms with Gasteiger partial charge in [0.25, 0.3) is 5.91 Å². The summed E-state index contributed by atoms with van der Waals surface area (Å²) in [6.07, 6.45) is 1.55. The van der Waals surface area contributed by atoms with Gasteiger partial charge in [-0.25, -0.2) is 4.98 Å². The van der Waals surface area contributed by atoms with Gasteiger partial charge in [-0.15, -0.1) is 0 Å². The number of methoxy groups -OCH3 is 1. The quantitative estimate of drug-likeness (QED) is 0.762. The molecule has 0 saturated carbocycles. The average molecular weight is 346 g/mol. The van der Waals surface area contributed by atoms with E-state index in [2.05, 4.69) is 31.2 Å². The molecular weight excluding hydrogens is 334 g/mol. The van der Waals surface area contributed by atoms with Gasteiger partial charge in [-0.05, 0) is 30.3 Å². The van der Waals surface area contributed by atoms with E-state index in [-0.39, 0.29) is 5.91 Å². The fourth-order valence-electron chi connectivity index (χ4n) is 2.00. The number of rotatable bonds is 3. The van der Waals surface area contributed by atoms with Gasteiger partial charge in [0.05, 0.1) is 19.0 Å². The van der Waals surface area contributed by atoms with Gasteiger partial charge in [-0.1, -0.05) is 15.9 Å². The number of carbonyl (C=O) groups is 1. The third-order valence-corrected chi connectivity index (χ3v) is 3.52. The molecule has 0 bridgehead atoms. The number of carbonyl (C=O) groups excluding carboxylic acids is 1. The zero-order valence-electron chi connectivity index (χ0n) is 11.2. The number of H-pyrrole nitrogens is 1.